The van der Waals surface area contributed by atoms with Gasteiger partial charge in [-0.1, -0.05) is 44.4 Å². The van der Waals surface area contributed by atoms with Crippen molar-refractivity contribution < 1.29 is 0 Å². The first-order valence-corrected chi connectivity index (χ1v) is 5.76. The molecule has 0 unspecified atom stereocenters. The highest BCUT2D eigenvalue weighted by atomic mass is 14.7. The predicted octanol–water partition coefficient (Wildman–Crippen LogP) is 4.51. The number of hydrogen-bond donors (Lipinski definition) is 0. The second-order valence-corrected chi connectivity index (χ2v) is 3.63. The summed E-state index contributed by atoms with van der Waals surface area (Å²) in [4.78, 5) is 4.22. The Bertz CT molecular complexity index is 307. The van der Waals surface area contributed by atoms with Crippen molar-refractivity contribution >= 4 is 11.6 Å². The molecule has 0 saturated carbocycles. The van der Waals surface area contributed by atoms with Crippen molar-refractivity contribution in [1.82, 2.24) is 0 Å². The molecule has 0 N–H and O–H groups in total. The average molecular weight is 201 g/mol. The van der Waals surface area contributed by atoms with Crippen LogP contribution in [0.2, 0.25) is 0 Å². The van der Waals surface area contributed by atoms with E-state index in [1.165, 1.54) is 25.7 Å². The molecule has 0 aliphatic carbocycles. The first-order valence-electron chi connectivity index (χ1n) is 5.76. The van der Waals surface area contributed by atoms with Crippen LogP contribution in [0.5, 0.6) is 0 Å². The van der Waals surface area contributed by atoms with Crippen molar-refractivity contribution in [2.45, 2.75) is 39.0 Å². The fourth-order valence-corrected chi connectivity index (χ4v) is 1.36. The van der Waals surface area contributed by atoms with Crippen molar-refractivity contribution in [2.75, 3.05) is 0 Å². The van der Waals surface area contributed by atoms with Gasteiger partial charge in [-0.2, -0.15) is 0 Å². The fourth-order valence-electron chi connectivity index (χ4n) is 1.36. The van der Waals surface area contributed by atoms with Crippen molar-refractivity contribution in [1.29, 1.82) is 0 Å². The van der Waals surface area contributed by atoms with Crippen LogP contribution in [0.4, 0.5) is 5.69 Å². The molecule has 1 aromatic carbocycles. The Morgan fingerprint density at radius 3 is 2.67 bits per heavy atom. The second-order valence-electron chi connectivity index (χ2n) is 3.63. The van der Waals surface area contributed by atoms with Crippen LogP contribution >= 0.6 is 0 Å². The normalized spacial score (nSPS) is 9.40. The van der Waals surface area contributed by atoms with E-state index in [9.17, 15) is 0 Å². The van der Waals surface area contributed by atoms with Gasteiger partial charge in [0.25, 0.3) is 0 Å². The van der Waals surface area contributed by atoms with Crippen LogP contribution in [0.15, 0.2) is 41.4 Å². The van der Waals surface area contributed by atoms with Crippen LogP contribution in [0.1, 0.15) is 39.0 Å². The summed E-state index contributed by atoms with van der Waals surface area (Å²) in [5, 5.41) is 0. The summed E-state index contributed by atoms with van der Waals surface area (Å²) in [6.45, 7) is 2.23. The van der Waals surface area contributed by atoms with Gasteiger partial charge in [0.15, 0.2) is 0 Å². The Kier molecular flexibility index (Phi) is 6.28. The lowest BCUT2D eigenvalue weighted by Gasteiger charge is -1.92. The van der Waals surface area contributed by atoms with Crippen molar-refractivity contribution in [3.8, 4) is 0 Å². The third-order valence-electron chi connectivity index (χ3n) is 2.24. The molecule has 1 aromatic rings. The molecule has 80 valence electrons. The highest BCUT2D eigenvalue weighted by molar-refractivity contribution is 5.58. The number of nitrogens with zero attached hydrogens (tertiary/aromatic N) is 1. The first kappa shape index (κ1) is 11.7. The predicted molar refractivity (Wildman–Crippen MR) is 66.9 cm³/mol. The lowest BCUT2D eigenvalue weighted by atomic mass is 10.2. The number of rotatable bonds is 6. The smallest absolute Gasteiger partial charge is 0.0729 e. The van der Waals surface area contributed by atoms with Crippen LogP contribution in [-0.4, -0.2) is 5.87 Å². The van der Waals surface area contributed by atoms with E-state index in [-0.39, 0.29) is 0 Å². The molecule has 0 atom stereocenters. The van der Waals surface area contributed by atoms with Gasteiger partial charge >= 0.3 is 0 Å². The SMILES string of the molecule is CCCCCCC=C=Nc1ccccc1. The van der Waals surface area contributed by atoms with E-state index in [0.717, 1.165) is 12.1 Å². The van der Waals surface area contributed by atoms with Gasteiger partial charge in [0, 0.05) is 0 Å². The summed E-state index contributed by atoms with van der Waals surface area (Å²) in [6.07, 6.45) is 8.33. The van der Waals surface area contributed by atoms with Gasteiger partial charge in [-0.15, -0.1) is 0 Å². The van der Waals surface area contributed by atoms with Gasteiger partial charge in [-0.3, -0.25) is 0 Å². The third-order valence-corrected chi connectivity index (χ3v) is 2.24. The number of hydrogen-bond acceptors (Lipinski definition) is 1. The standard InChI is InChI=1S/C14H19N/c1-2-3-4-5-6-10-13-15-14-11-8-7-9-12-14/h7-12H,2-6H2,1H3. The quantitative estimate of drug-likeness (QED) is 0.474. The lowest BCUT2D eigenvalue weighted by molar-refractivity contribution is 0.675. The minimum atomic E-state index is 0.974. The Hall–Kier alpha value is -1.33. The zero-order chi connectivity index (χ0) is 10.8. The van der Waals surface area contributed by atoms with Crippen LogP contribution in [-0.2, 0) is 0 Å². The third kappa shape index (κ3) is 5.87. The van der Waals surface area contributed by atoms with E-state index in [0.29, 0.717) is 0 Å². The lowest BCUT2D eigenvalue weighted by Crippen LogP contribution is -1.73. The average Bonchev–Trinajstić information content (AvgIpc) is 2.29. The second kappa shape index (κ2) is 8.02. The van der Waals surface area contributed by atoms with E-state index >= 15 is 0 Å². The number of para-hydroxylation sites is 1. The van der Waals surface area contributed by atoms with Crippen LogP contribution in [0.25, 0.3) is 0 Å². The molecule has 0 radical (unpaired) electrons. The van der Waals surface area contributed by atoms with Crippen LogP contribution < -0.4 is 0 Å². The van der Waals surface area contributed by atoms with Gasteiger partial charge in [0.2, 0.25) is 0 Å². The molecule has 0 amide bonds. The van der Waals surface area contributed by atoms with Crippen molar-refractivity contribution in [3.05, 3.63) is 36.4 Å². The van der Waals surface area contributed by atoms with E-state index in [1.807, 2.05) is 36.4 Å². The molecule has 1 rings (SSSR count). The highest BCUT2D eigenvalue weighted by Gasteiger charge is 1.84. The number of allylic oxidation sites excluding steroid dienone is 1. The van der Waals surface area contributed by atoms with E-state index in [1.54, 1.807) is 0 Å². The van der Waals surface area contributed by atoms with Crippen LogP contribution in [0.3, 0.4) is 0 Å². The van der Waals surface area contributed by atoms with Gasteiger partial charge in [-0.25, -0.2) is 4.99 Å². The van der Waals surface area contributed by atoms with Gasteiger partial charge in [-0.05, 0) is 36.9 Å². The highest BCUT2D eigenvalue weighted by Crippen LogP contribution is 2.08. The van der Waals surface area contributed by atoms with Crippen molar-refractivity contribution in [3.63, 3.8) is 0 Å². The summed E-state index contributed by atoms with van der Waals surface area (Å²) in [5.74, 6) is 2.98. The van der Waals surface area contributed by atoms with Crippen molar-refractivity contribution in [2.24, 2.45) is 4.99 Å². The maximum absolute atomic E-state index is 4.22. The molecule has 1 nitrogen and oxygen atoms in total. The molecule has 0 bridgehead atoms. The molecular weight excluding hydrogens is 182 g/mol. The molecule has 15 heavy (non-hydrogen) atoms. The molecule has 0 aliphatic rings. The van der Waals surface area contributed by atoms with Crippen LogP contribution in [0, 0.1) is 0 Å². The molecule has 0 aromatic heterocycles. The zero-order valence-corrected chi connectivity index (χ0v) is 9.45. The minimum Gasteiger partial charge on any atom is -0.207 e. The number of aliphatic imine (C=N–C) groups is 1. The van der Waals surface area contributed by atoms with Gasteiger partial charge in [0.1, 0.15) is 0 Å². The zero-order valence-electron chi connectivity index (χ0n) is 9.45. The molecular formula is C14H19N. The molecule has 1 heteroatoms. The maximum atomic E-state index is 4.22. The Labute approximate surface area is 92.6 Å². The van der Waals surface area contributed by atoms with E-state index < -0.39 is 0 Å². The van der Waals surface area contributed by atoms with Gasteiger partial charge in [0.05, 0.1) is 5.69 Å². The van der Waals surface area contributed by atoms with E-state index in [4.69, 9.17) is 0 Å². The summed E-state index contributed by atoms with van der Waals surface area (Å²) >= 11 is 0. The Balaban J connectivity index is 2.23. The molecule has 0 fully saturated rings. The molecule has 0 saturated heterocycles. The minimum absolute atomic E-state index is 0.974. The Morgan fingerprint density at radius 2 is 1.93 bits per heavy atom. The number of benzene rings is 1. The Morgan fingerprint density at radius 1 is 1.13 bits per heavy atom. The molecule has 0 spiro atoms. The monoisotopic (exact) mass is 201 g/mol. The fraction of sp³-hybridized carbons (Fsp3) is 0.429. The molecule has 0 heterocycles. The largest absolute Gasteiger partial charge is 0.207 e. The summed E-state index contributed by atoms with van der Waals surface area (Å²) < 4.78 is 0. The maximum Gasteiger partial charge on any atom is 0.0729 e. The summed E-state index contributed by atoms with van der Waals surface area (Å²) in [7, 11) is 0. The first-order chi connectivity index (χ1) is 7.43. The summed E-state index contributed by atoms with van der Waals surface area (Å²) in [6, 6.07) is 9.94. The molecule has 0 aliphatic heterocycles. The van der Waals surface area contributed by atoms with E-state index in [2.05, 4.69) is 17.8 Å². The van der Waals surface area contributed by atoms with Gasteiger partial charge < -0.3 is 0 Å². The topological polar surface area (TPSA) is 12.4 Å². The number of unbranched alkanes of at least 4 members (excludes halogenated alkanes) is 4. The summed E-state index contributed by atoms with van der Waals surface area (Å²) in [5.41, 5.74) is 0.974.